The highest BCUT2D eigenvalue weighted by Gasteiger charge is 2.33. The zero-order chi connectivity index (χ0) is 18.8. The van der Waals surface area contributed by atoms with Crippen LogP contribution in [-0.2, 0) is 9.53 Å². The molecule has 148 valence electrons. The Labute approximate surface area is 171 Å². The first kappa shape index (κ1) is 20.3. The lowest BCUT2D eigenvalue weighted by atomic mass is 10.1. The molecule has 28 heavy (non-hydrogen) atoms. The first-order valence-electron chi connectivity index (χ1n) is 9.21. The molecule has 2 amide bonds. The molecule has 0 spiro atoms. The molecule has 0 unspecified atom stereocenters. The second kappa shape index (κ2) is 8.73. The van der Waals surface area contributed by atoms with Gasteiger partial charge in [-0.2, -0.15) is 0 Å². The van der Waals surface area contributed by atoms with Crippen molar-refractivity contribution in [2.45, 2.75) is 6.92 Å². The zero-order valence-corrected chi connectivity index (χ0v) is 16.7. The number of ether oxygens (including phenoxy) is 1. The minimum atomic E-state index is -0.0788. The second-order valence-electron chi connectivity index (χ2n) is 6.94. The monoisotopic (exact) mass is 401 g/mol. The van der Waals surface area contributed by atoms with E-state index in [4.69, 9.17) is 4.74 Å². The number of carbonyl (C=O) groups is 2. The van der Waals surface area contributed by atoms with Crippen LogP contribution in [-0.4, -0.2) is 56.2 Å². The number of fused-ring (bicyclic) bond motifs is 1. The first-order chi connectivity index (χ1) is 13.1. The van der Waals surface area contributed by atoms with E-state index in [1.807, 2.05) is 49.4 Å². The van der Waals surface area contributed by atoms with Crippen molar-refractivity contribution in [1.29, 1.82) is 0 Å². The van der Waals surface area contributed by atoms with Crippen LogP contribution in [0.5, 0.6) is 0 Å². The lowest BCUT2D eigenvalue weighted by molar-refractivity contribution is -0.120. The summed E-state index contributed by atoms with van der Waals surface area (Å²) in [5.74, 6) is -0.0844. The molecular weight excluding hydrogens is 378 g/mol. The summed E-state index contributed by atoms with van der Waals surface area (Å²) in [5.41, 5.74) is 3.16. The highest BCUT2D eigenvalue weighted by Crippen LogP contribution is 2.30. The van der Waals surface area contributed by atoms with Gasteiger partial charge in [0.15, 0.2) is 0 Å². The third-order valence-corrected chi connectivity index (χ3v) is 5.06. The van der Waals surface area contributed by atoms with Crippen LogP contribution >= 0.6 is 12.4 Å². The van der Waals surface area contributed by atoms with Gasteiger partial charge in [0.25, 0.3) is 5.91 Å². The third-order valence-electron chi connectivity index (χ3n) is 5.06. The van der Waals surface area contributed by atoms with Gasteiger partial charge in [0, 0.05) is 18.8 Å². The standard InChI is InChI=1S/C21H23N3O3.ClH/c1-16-6-8-17(9-7-16)23-15-24(19-5-3-2-4-18(19)21(23)26)20(25)14-22-10-12-27-13-11-22;/h2-9H,10-15H2,1H3;1H. The van der Waals surface area contributed by atoms with Crippen LogP contribution in [0.4, 0.5) is 11.4 Å². The third kappa shape index (κ3) is 4.04. The Kier molecular flexibility index (Phi) is 6.34. The molecule has 0 atom stereocenters. The number of amides is 2. The van der Waals surface area contributed by atoms with Crippen molar-refractivity contribution < 1.29 is 14.3 Å². The number of benzene rings is 2. The van der Waals surface area contributed by atoms with Gasteiger partial charge in [-0.15, -0.1) is 12.4 Å². The number of hydrogen-bond donors (Lipinski definition) is 0. The molecule has 0 bridgehead atoms. The minimum absolute atomic E-state index is 0. The van der Waals surface area contributed by atoms with Crippen molar-refractivity contribution in [2.24, 2.45) is 0 Å². The van der Waals surface area contributed by atoms with Crippen molar-refractivity contribution in [3.63, 3.8) is 0 Å². The van der Waals surface area contributed by atoms with E-state index in [2.05, 4.69) is 4.90 Å². The Balaban J connectivity index is 0.00000225. The van der Waals surface area contributed by atoms with E-state index in [1.54, 1.807) is 15.9 Å². The van der Waals surface area contributed by atoms with Crippen LogP contribution in [0, 0.1) is 6.92 Å². The van der Waals surface area contributed by atoms with Crippen LogP contribution in [0.25, 0.3) is 0 Å². The van der Waals surface area contributed by atoms with Gasteiger partial charge >= 0.3 is 0 Å². The van der Waals surface area contributed by atoms with Gasteiger partial charge in [0.05, 0.1) is 31.0 Å². The topological polar surface area (TPSA) is 53.1 Å². The smallest absolute Gasteiger partial charge is 0.261 e. The van der Waals surface area contributed by atoms with E-state index in [1.165, 1.54) is 0 Å². The average molecular weight is 402 g/mol. The Morgan fingerprint density at radius 2 is 1.71 bits per heavy atom. The number of anilines is 2. The van der Waals surface area contributed by atoms with Crippen molar-refractivity contribution in [3.05, 3.63) is 59.7 Å². The molecule has 2 aromatic rings. The lowest BCUT2D eigenvalue weighted by Gasteiger charge is -2.38. The van der Waals surface area contributed by atoms with E-state index in [9.17, 15) is 9.59 Å². The van der Waals surface area contributed by atoms with Gasteiger partial charge in [0.1, 0.15) is 6.67 Å². The van der Waals surface area contributed by atoms with E-state index < -0.39 is 0 Å². The van der Waals surface area contributed by atoms with Crippen molar-refractivity contribution in [3.8, 4) is 0 Å². The quantitative estimate of drug-likeness (QED) is 0.793. The van der Waals surface area contributed by atoms with Gasteiger partial charge in [-0.3, -0.25) is 24.3 Å². The van der Waals surface area contributed by atoms with E-state index in [0.29, 0.717) is 31.0 Å². The average Bonchev–Trinajstić information content (AvgIpc) is 2.70. The Morgan fingerprint density at radius 3 is 2.43 bits per heavy atom. The molecule has 0 aromatic heterocycles. The molecular formula is C21H24ClN3O3. The summed E-state index contributed by atoms with van der Waals surface area (Å²) in [4.78, 5) is 31.6. The molecule has 1 fully saturated rings. The van der Waals surface area contributed by atoms with Crippen LogP contribution in [0.3, 0.4) is 0 Å². The molecule has 2 aromatic carbocycles. The molecule has 2 heterocycles. The molecule has 0 N–H and O–H groups in total. The second-order valence-corrected chi connectivity index (χ2v) is 6.94. The largest absolute Gasteiger partial charge is 0.379 e. The molecule has 4 rings (SSSR count). The lowest BCUT2D eigenvalue weighted by Crippen LogP contribution is -2.52. The maximum atomic E-state index is 13.1. The minimum Gasteiger partial charge on any atom is -0.379 e. The van der Waals surface area contributed by atoms with Crippen molar-refractivity contribution >= 4 is 35.6 Å². The number of nitrogens with zero attached hydrogens (tertiary/aromatic N) is 3. The number of morpholine rings is 1. The van der Waals surface area contributed by atoms with Gasteiger partial charge in [-0.25, -0.2) is 0 Å². The van der Waals surface area contributed by atoms with Crippen LogP contribution < -0.4 is 9.80 Å². The Morgan fingerprint density at radius 1 is 1.04 bits per heavy atom. The molecule has 2 aliphatic rings. The fraction of sp³-hybridized carbons (Fsp3) is 0.333. The predicted molar refractivity (Wildman–Crippen MR) is 111 cm³/mol. The van der Waals surface area contributed by atoms with Gasteiger partial charge < -0.3 is 4.74 Å². The summed E-state index contributed by atoms with van der Waals surface area (Å²) < 4.78 is 5.36. The molecule has 0 radical (unpaired) electrons. The maximum absolute atomic E-state index is 13.1. The summed E-state index contributed by atoms with van der Waals surface area (Å²) in [5, 5.41) is 0. The molecule has 0 saturated carbocycles. The van der Waals surface area contributed by atoms with Gasteiger partial charge in [-0.05, 0) is 31.2 Å². The molecule has 2 aliphatic heterocycles. The molecule has 6 nitrogen and oxygen atoms in total. The van der Waals surface area contributed by atoms with Crippen molar-refractivity contribution in [1.82, 2.24) is 4.90 Å². The van der Waals surface area contributed by atoms with E-state index in [-0.39, 0.29) is 30.9 Å². The summed E-state index contributed by atoms with van der Waals surface area (Å²) in [6.07, 6.45) is 0. The van der Waals surface area contributed by atoms with E-state index in [0.717, 1.165) is 24.3 Å². The predicted octanol–water partition coefficient (Wildman–Crippen LogP) is 2.70. The fourth-order valence-electron chi connectivity index (χ4n) is 3.49. The normalized spacial score (nSPS) is 17.1. The summed E-state index contributed by atoms with van der Waals surface area (Å²) in [7, 11) is 0. The van der Waals surface area contributed by atoms with Crippen LogP contribution in [0.2, 0.25) is 0 Å². The molecule has 0 aliphatic carbocycles. The molecule has 1 saturated heterocycles. The number of para-hydroxylation sites is 1. The first-order valence-corrected chi connectivity index (χ1v) is 9.21. The summed E-state index contributed by atoms with van der Waals surface area (Å²) in [6.45, 7) is 5.37. The van der Waals surface area contributed by atoms with Crippen LogP contribution in [0.15, 0.2) is 48.5 Å². The Hall–Kier alpha value is -2.41. The van der Waals surface area contributed by atoms with Gasteiger partial charge in [0.2, 0.25) is 5.91 Å². The number of rotatable bonds is 3. The number of aryl methyl sites for hydroxylation is 1. The molecule has 7 heteroatoms. The number of halogens is 1. The Bertz CT molecular complexity index is 850. The fourth-order valence-corrected chi connectivity index (χ4v) is 3.49. The summed E-state index contributed by atoms with van der Waals surface area (Å²) in [6, 6.07) is 15.1. The maximum Gasteiger partial charge on any atom is 0.261 e. The summed E-state index contributed by atoms with van der Waals surface area (Å²) >= 11 is 0. The van der Waals surface area contributed by atoms with E-state index >= 15 is 0 Å². The SMILES string of the molecule is Cc1ccc(N2CN(C(=O)CN3CCOCC3)c3ccccc3C2=O)cc1.Cl. The van der Waals surface area contributed by atoms with Crippen molar-refractivity contribution in [2.75, 3.05) is 49.3 Å². The number of carbonyl (C=O) groups excluding carboxylic acids is 2. The highest BCUT2D eigenvalue weighted by molar-refractivity contribution is 6.15. The highest BCUT2D eigenvalue weighted by atomic mass is 35.5. The van der Waals surface area contributed by atoms with Gasteiger partial charge in [-0.1, -0.05) is 29.8 Å². The zero-order valence-electron chi connectivity index (χ0n) is 15.8. The number of hydrogen-bond acceptors (Lipinski definition) is 4. The van der Waals surface area contributed by atoms with Crippen LogP contribution in [0.1, 0.15) is 15.9 Å².